The number of phenolic OH excluding ortho intramolecular Hbond substituents is 1. The molecule has 0 amide bonds. The number of aromatic hydroxyl groups is 1. The highest BCUT2D eigenvalue weighted by molar-refractivity contribution is 7.91. The summed E-state index contributed by atoms with van der Waals surface area (Å²) >= 11 is 5.73. The van der Waals surface area contributed by atoms with Crippen molar-refractivity contribution in [3.63, 3.8) is 0 Å². The molecule has 1 N–H and O–H groups in total. The van der Waals surface area contributed by atoms with Crippen LogP contribution in [0.1, 0.15) is 13.3 Å². The van der Waals surface area contributed by atoms with Gasteiger partial charge in [-0.15, -0.1) is 0 Å². The molecule has 0 fully saturated rings. The molecule has 0 radical (unpaired) electrons. The van der Waals surface area contributed by atoms with E-state index in [2.05, 4.69) is 0 Å². The first-order valence-corrected chi connectivity index (χ1v) is 6.21. The van der Waals surface area contributed by atoms with Crippen LogP contribution in [0, 0.1) is 0 Å². The van der Waals surface area contributed by atoms with Crippen molar-refractivity contribution in [3.8, 4) is 5.75 Å². The van der Waals surface area contributed by atoms with Crippen LogP contribution in [0.4, 0.5) is 0 Å². The Balaban J connectivity index is 3.25. The summed E-state index contributed by atoms with van der Waals surface area (Å²) < 4.78 is 23.2. The number of hydrogen-bond acceptors (Lipinski definition) is 3. The van der Waals surface area contributed by atoms with Gasteiger partial charge in [0.15, 0.2) is 9.84 Å². The SMILES string of the molecule is CCCS(=O)(=O)c1cc(O)ccc1Cl. The topological polar surface area (TPSA) is 54.4 Å². The van der Waals surface area contributed by atoms with E-state index in [9.17, 15) is 8.42 Å². The number of phenols is 1. The molecule has 0 bridgehead atoms. The normalized spacial score (nSPS) is 11.6. The van der Waals surface area contributed by atoms with Crippen molar-refractivity contribution >= 4 is 21.4 Å². The Labute approximate surface area is 88.2 Å². The van der Waals surface area contributed by atoms with Gasteiger partial charge < -0.3 is 5.11 Å². The van der Waals surface area contributed by atoms with Crippen LogP contribution in [0.15, 0.2) is 23.1 Å². The lowest BCUT2D eigenvalue weighted by atomic mass is 10.3. The van der Waals surface area contributed by atoms with Crippen molar-refractivity contribution in [1.82, 2.24) is 0 Å². The van der Waals surface area contributed by atoms with Gasteiger partial charge in [-0.1, -0.05) is 18.5 Å². The summed E-state index contributed by atoms with van der Waals surface area (Å²) in [5.74, 6) is -0.0556. The standard InChI is InChI=1S/C9H11ClO3S/c1-2-5-14(12,13)9-6-7(11)3-4-8(9)10/h3-4,6,11H,2,5H2,1H3. The maximum atomic E-state index is 11.6. The summed E-state index contributed by atoms with van der Waals surface area (Å²) in [6, 6.07) is 3.90. The fraction of sp³-hybridized carbons (Fsp3) is 0.333. The predicted molar refractivity (Wildman–Crippen MR) is 55.5 cm³/mol. The lowest BCUT2D eigenvalue weighted by molar-refractivity contribution is 0.473. The van der Waals surface area contributed by atoms with Crippen molar-refractivity contribution in [3.05, 3.63) is 23.2 Å². The van der Waals surface area contributed by atoms with E-state index in [4.69, 9.17) is 16.7 Å². The molecular formula is C9H11ClO3S. The molecule has 78 valence electrons. The van der Waals surface area contributed by atoms with Gasteiger partial charge in [-0.05, 0) is 18.6 Å². The summed E-state index contributed by atoms with van der Waals surface area (Å²) in [4.78, 5) is 0.000941. The highest BCUT2D eigenvalue weighted by atomic mass is 35.5. The number of rotatable bonds is 3. The van der Waals surface area contributed by atoms with E-state index >= 15 is 0 Å². The molecular weight excluding hydrogens is 224 g/mol. The Hall–Kier alpha value is -0.740. The average molecular weight is 235 g/mol. The van der Waals surface area contributed by atoms with Crippen LogP contribution in [0.2, 0.25) is 5.02 Å². The zero-order valence-corrected chi connectivity index (χ0v) is 9.27. The maximum absolute atomic E-state index is 11.6. The van der Waals surface area contributed by atoms with Gasteiger partial charge >= 0.3 is 0 Å². The predicted octanol–water partition coefficient (Wildman–Crippen LogP) is 2.23. The van der Waals surface area contributed by atoms with Gasteiger partial charge in [0, 0.05) is 6.07 Å². The van der Waals surface area contributed by atoms with Crippen LogP contribution in [-0.2, 0) is 9.84 Å². The van der Waals surface area contributed by atoms with Gasteiger partial charge in [-0.25, -0.2) is 8.42 Å². The molecule has 1 aromatic carbocycles. The Kier molecular flexibility index (Phi) is 3.39. The first-order chi connectivity index (χ1) is 6.47. The lowest BCUT2D eigenvalue weighted by Gasteiger charge is -2.05. The highest BCUT2D eigenvalue weighted by Crippen LogP contribution is 2.26. The van der Waals surface area contributed by atoms with Gasteiger partial charge in [0.2, 0.25) is 0 Å². The third-order valence-corrected chi connectivity index (χ3v) is 4.12. The first-order valence-electron chi connectivity index (χ1n) is 4.18. The molecule has 1 aromatic rings. The molecule has 0 saturated carbocycles. The monoisotopic (exact) mass is 234 g/mol. The van der Waals surface area contributed by atoms with Crippen LogP contribution in [0.5, 0.6) is 5.75 Å². The zero-order chi connectivity index (χ0) is 10.8. The molecule has 0 aromatic heterocycles. The number of hydrogen-bond donors (Lipinski definition) is 1. The third-order valence-electron chi connectivity index (χ3n) is 1.72. The van der Waals surface area contributed by atoms with Gasteiger partial charge in [0.25, 0.3) is 0 Å². The molecule has 0 spiro atoms. The number of halogens is 1. The van der Waals surface area contributed by atoms with Crippen LogP contribution in [0.25, 0.3) is 0 Å². The molecule has 0 aliphatic carbocycles. The lowest BCUT2D eigenvalue weighted by Crippen LogP contribution is -2.06. The Morgan fingerprint density at radius 2 is 2.07 bits per heavy atom. The van der Waals surface area contributed by atoms with E-state index in [-0.39, 0.29) is 21.4 Å². The summed E-state index contributed by atoms with van der Waals surface area (Å²) in [5, 5.41) is 9.30. The number of sulfone groups is 1. The molecule has 0 heterocycles. The van der Waals surface area contributed by atoms with Crippen LogP contribution in [0.3, 0.4) is 0 Å². The van der Waals surface area contributed by atoms with Crippen molar-refractivity contribution in [2.45, 2.75) is 18.2 Å². The average Bonchev–Trinajstić information content (AvgIpc) is 2.09. The van der Waals surface area contributed by atoms with E-state index in [1.165, 1.54) is 18.2 Å². The second-order valence-electron chi connectivity index (χ2n) is 2.93. The summed E-state index contributed by atoms with van der Waals surface area (Å²) in [6.45, 7) is 1.77. The maximum Gasteiger partial charge on any atom is 0.179 e. The third kappa shape index (κ3) is 2.39. The van der Waals surface area contributed by atoms with Crippen molar-refractivity contribution in [1.29, 1.82) is 0 Å². The molecule has 5 heteroatoms. The molecule has 0 atom stereocenters. The van der Waals surface area contributed by atoms with Crippen molar-refractivity contribution < 1.29 is 13.5 Å². The molecule has 0 unspecified atom stereocenters. The van der Waals surface area contributed by atoms with Gasteiger partial charge in [-0.3, -0.25) is 0 Å². The van der Waals surface area contributed by atoms with E-state index in [0.717, 1.165) is 0 Å². The van der Waals surface area contributed by atoms with E-state index in [1.54, 1.807) is 6.92 Å². The quantitative estimate of drug-likeness (QED) is 0.873. The largest absolute Gasteiger partial charge is 0.508 e. The van der Waals surface area contributed by atoms with Gasteiger partial charge in [0.05, 0.1) is 15.7 Å². The van der Waals surface area contributed by atoms with Crippen molar-refractivity contribution in [2.75, 3.05) is 5.75 Å². The Morgan fingerprint density at radius 1 is 1.43 bits per heavy atom. The fourth-order valence-electron chi connectivity index (χ4n) is 1.11. The summed E-state index contributed by atoms with van der Waals surface area (Å²) in [5.41, 5.74) is 0. The molecule has 1 rings (SSSR count). The summed E-state index contributed by atoms with van der Waals surface area (Å²) in [6.07, 6.45) is 0.522. The molecule has 0 aliphatic heterocycles. The Morgan fingerprint density at radius 3 is 2.64 bits per heavy atom. The highest BCUT2D eigenvalue weighted by Gasteiger charge is 2.17. The molecule has 0 saturated heterocycles. The van der Waals surface area contributed by atoms with E-state index in [1.807, 2.05) is 0 Å². The van der Waals surface area contributed by atoms with Crippen LogP contribution in [-0.4, -0.2) is 19.3 Å². The molecule has 0 aliphatic rings. The summed E-state index contributed by atoms with van der Waals surface area (Å²) in [7, 11) is -3.36. The van der Waals surface area contributed by atoms with Crippen molar-refractivity contribution in [2.24, 2.45) is 0 Å². The minimum absolute atomic E-state index is 0.000941. The van der Waals surface area contributed by atoms with E-state index < -0.39 is 9.84 Å². The Bertz CT molecular complexity index is 426. The van der Waals surface area contributed by atoms with Crippen LogP contribution >= 0.6 is 11.6 Å². The second kappa shape index (κ2) is 4.19. The fourth-order valence-corrected chi connectivity index (χ4v) is 3.00. The van der Waals surface area contributed by atoms with E-state index in [0.29, 0.717) is 6.42 Å². The molecule has 14 heavy (non-hydrogen) atoms. The van der Waals surface area contributed by atoms with Gasteiger partial charge in [-0.2, -0.15) is 0 Å². The van der Waals surface area contributed by atoms with Gasteiger partial charge in [0.1, 0.15) is 5.75 Å². The smallest absolute Gasteiger partial charge is 0.179 e. The molecule has 3 nitrogen and oxygen atoms in total. The minimum Gasteiger partial charge on any atom is -0.508 e. The van der Waals surface area contributed by atoms with Crippen LogP contribution < -0.4 is 0 Å². The first kappa shape index (κ1) is 11.3. The minimum atomic E-state index is -3.36. The second-order valence-corrected chi connectivity index (χ2v) is 5.42. The zero-order valence-electron chi connectivity index (χ0n) is 7.70. The number of benzene rings is 1.